The number of carbonyl (C=O) groups excluding carboxylic acids is 1. The average molecular weight is 230 g/mol. The normalized spacial score (nSPS) is 12.5. The molecule has 0 heterocycles. The lowest BCUT2D eigenvalue weighted by Crippen LogP contribution is -2.46. The van der Waals surface area contributed by atoms with Crippen LogP contribution >= 0.6 is 0 Å². The number of aliphatic carboxylic acids is 1. The highest BCUT2D eigenvalue weighted by molar-refractivity contribution is 5.84. The van der Waals surface area contributed by atoms with Crippen LogP contribution < -0.4 is 5.32 Å². The molecule has 0 radical (unpaired) electrons. The van der Waals surface area contributed by atoms with Crippen LogP contribution in [0.2, 0.25) is 0 Å². The van der Waals surface area contributed by atoms with Gasteiger partial charge in [0.1, 0.15) is 6.54 Å². The largest absolute Gasteiger partial charge is 0.480 e. The van der Waals surface area contributed by atoms with Gasteiger partial charge in [0, 0.05) is 0 Å². The molecule has 2 N–H and O–H groups in total. The highest BCUT2D eigenvalue weighted by Crippen LogP contribution is 2.02. The fraction of sp³-hybridized carbons (Fsp3) is 0.818. The molecule has 5 heteroatoms. The third kappa shape index (κ3) is 5.70. The molecule has 0 saturated heterocycles. The molecule has 0 aliphatic heterocycles. The van der Waals surface area contributed by atoms with Crippen molar-refractivity contribution in [3.8, 4) is 0 Å². The first-order chi connectivity index (χ1) is 7.52. The van der Waals surface area contributed by atoms with Crippen LogP contribution in [0.25, 0.3) is 0 Å². The summed E-state index contributed by atoms with van der Waals surface area (Å²) in [6.45, 7) is 7.33. The molecule has 0 aromatic rings. The van der Waals surface area contributed by atoms with Gasteiger partial charge in [0.05, 0.1) is 6.04 Å². The highest BCUT2D eigenvalue weighted by atomic mass is 16.4. The molecular weight excluding hydrogens is 208 g/mol. The molecule has 1 atom stereocenters. The van der Waals surface area contributed by atoms with Gasteiger partial charge in [-0.15, -0.1) is 0 Å². The fourth-order valence-electron chi connectivity index (χ4n) is 1.55. The number of carboxylic acids is 1. The third-order valence-electron chi connectivity index (χ3n) is 2.36. The molecule has 16 heavy (non-hydrogen) atoms. The van der Waals surface area contributed by atoms with E-state index in [-0.39, 0.29) is 18.5 Å². The zero-order valence-corrected chi connectivity index (χ0v) is 10.3. The van der Waals surface area contributed by atoms with E-state index in [1.54, 1.807) is 0 Å². The quantitative estimate of drug-likeness (QED) is 0.644. The van der Waals surface area contributed by atoms with Crippen LogP contribution in [0.3, 0.4) is 0 Å². The minimum Gasteiger partial charge on any atom is -0.480 e. The van der Waals surface area contributed by atoms with Gasteiger partial charge in [-0.25, -0.2) is 0 Å². The van der Waals surface area contributed by atoms with Crippen molar-refractivity contribution in [3.05, 3.63) is 0 Å². The summed E-state index contributed by atoms with van der Waals surface area (Å²) in [4.78, 5) is 24.0. The van der Waals surface area contributed by atoms with Crippen molar-refractivity contribution < 1.29 is 14.7 Å². The van der Waals surface area contributed by atoms with Crippen molar-refractivity contribution in [1.82, 2.24) is 10.2 Å². The maximum absolute atomic E-state index is 11.6. The van der Waals surface area contributed by atoms with Gasteiger partial charge in [0.15, 0.2) is 0 Å². The molecule has 0 aromatic heterocycles. The van der Waals surface area contributed by atoms with Crippen molar-refractivity contribution in [2.75, 3.05) is 19.6 Å². The molecule has 0 aromatic carbocycles. The molecule has 0 spiro atoms. The lowest BCUT2D eigenvalue weighted by molar-refractivity contribution is -0.138. The second-order valence-corrected chi connectivity index (χ2v) is 3.82. The number of carbonyl (C=O) groups is 2. The molecule has 0 rings (SSSR count). The Morgan fingerprint density at radius 2 is 1.75 bits per heavy atom. The van der Waals surface area contributed by atoms with Gasteiger partial charge < -0.3 is 10.4 Å². The molecule has 5 nitrogen and oxygen atoms in total. The van der Waals surface area contributed by atoms with Gasteiger partial charge in [0.25, 0.3) is 0 Å². The Morgan fingerprint density at radius 3 is 2.12 bits per heavy atom. The summed E-state index contributed by atoms with van der Waals surface area (Å²) in [7, 11) is 0. The summed E-state index contributed by atoms with van der Waals surface area (Å²) in [5.74, 6) is -1.23. The Kier molecular flexibility index (Phi) is 7.54. The van der Waals surface area contributed by atoms with E-state index in [0.717, 1.165) is 25.9 Å². The van der Waals surface area contributed by atoms with E-state index in [1.165, 1.54) is 0 Å². The van der Waals surface area contributed by atoms with E-state index >= 15 is 0 Å². The third-order valence-corrected chi connectivity index (χ3v) is 2.36. The van der Waals surface area contributed by atoms with Crippen molar-refractivity contribution >= 4 is 11.9 Å². The summed E-state index contributed by atoms with van der Waals surface area (Å²) in [5.41, 5.74) is 0. The van der Waals surface area contributed by atoms with E-state index < -0.39 is 5.97 Å². The highest BCUT2D eigenvalue weighted by Gasteiger charge is 2.19. The van der Waals surface area contributed by atoms with Crippen molar-refractivity contribution in [2.45, 2.75) is 39.7 Å². The van der Waals surface area contributed by atoms with E-state index in [4.69, 9.17) is 5.11 Å². The minimum absolute atomic E-state index is 0.218. The fourth-order valence-corrected chi connectivity index (χ4v) is 1.55. The molecule has 0 aliphatic rings. The summed E-state index contributed by atoms with van der Waals surface area (Å²) in [5, 5.41) is 10.9. The Morgan fingerprint density at radius 1 is 1.25 bits per heavy atom. The topological polar surface area (TPSA) is 69.6 Å². The maximum Gasteiger partial charge on any atom is 0.322 e. The predicted octanol–water partition coefficient (Wildman–Crippen LogP) is 0.698. The van der Waals surface area contributed by atoms with Gasteiger partial charge in [-0.1, -0.05) is 13.8 Å². The van der Waals surface area contributed by atoms with Crippen LogP contribution in [-0.4, -0.2) is 47.6 Å². The molecule has 0 fully saturated rings. The SMILES string of the molecule is CCCN(CCC)C(C)C(=O)NCC(=O)O. The van der Waals surface area contributed by atoms with Crippen molar-refractivity contribution in [2.24, 2.45) is 0 Å². The standard InChI is InChI=1S/C11H22N2O3/c1-4-6-13(7-5-2)9(3)11(16)12-8-10(14)15/h9H,4-8H2,1-3H3,(H,12,16)(H,14,15). The molecule has 0 aliphatic carbocycles. The summed E-state index contributed by atoms with van der Waals surface area (Å²) in [6.07, 6.45) is 1.97. The number of rotatable bonds is 8. The van der Waals surface area contributed by atoms with Gasteiger partial charge >= 0.3 is 5.97 Å². The number of nitrogens with zero attached hydrogens (tertiary/aromatic N) is 1. The van der Waals surface area contributed by atoms with E-state index in [9.17, 15) is 9.59 Å². The van der Waals surface area contributed by atoms with Crippen molar-refractivity contribution in [3.63, 3.8) is 0 Å². The zero-order valence-electron chi connectivity index (χ0n) is 10.3. The maximum atomic E-state index is 11.6. The molecule has 0 bridgehead atoms. The first-order valence-electron chi connectivity index (χ1n) is 5.76. The average Bonchev–Trinajstić information content (AvgIpc) is 2.24. The minimum atomic E-state index is -1.02. The van der Waals surface area contributed by atoms with Crippen LogP contribution in [0.15, 0.2) is 0 Å². The number of nitrogens with one attached hydrogen (secondary N) is 1. The van der Waals surface area contributed by atoms with Crippen LogP contribution in [0, 0.1) is 0 Å². The second-order valence-electron chi connectivity index (χ2n) is 3.82. The van der Waals surface area contributed by atoms with Gasteiger partial charge in [-0.3, -0.25) is 14.5 Å². The molecule has 94 valence electrons. The van der Waals surface area contributed by atoms with E-state index in [0.29, 0.717) is 0 Å². The lowest BCUT2D eigenvalue weighted by Gasteiger charge is -2.27. The van der Waals surface area contributed by atoms with Crippen LogP contribution in [0.1, 0.15) is 33.6 Å². The van der Waals surface area contributed by atoms with Crippen LogP contribution in [0.5, 0.6) is 0 Å². The van der Waals surface area contributed by atoms with Crippen LogP contribution in [-0.2, 0) is 9.59 Å². The predicted molar refractivity (Wildman–Crippen MR) is 62.3 cm³/mol. The monoisotopic (exact) mass is 230 g/mol. The van der Waals surface area contributed by atoms with E-state index in [1.807, 2.05) is 6.92 Å². The van der Waals surface area contributed by atoms with E-state index in [2.05, 4.69) is 24.1 Å². The number of hydrogen-bond acceptors (Lipinski definition) is 3. The Hall–Kier alpha value is -1.10. The van der Waals surface area contributed by atoms with Gasteiger partial charge in [-0.05, 0) is 32.9 Å². The van der Waals surface area contributed by atoms with Crippen molar-refractivity contribution in [1.29, 1.82) is 0 Å². The molecule has 1 amide bonds. The Labute approximate surface area is 96.8 Å². The van der Waals surface area contributed by atoms with Crippen LogP contribution in [0.4, 0.5) is 0 Å². The summed E-state index contributed by atoms with van der Waals surface area (Å²) >= 11 is 0. The number of amides is 1. The smallest absolute Gasteiger partial charge is 0.322 e. The number of hydrogen-bond donors (Lipinski definition) is 2. The Bertz CT molecular complexity index is 225. The molecule has 0 saturated carbocycles. The Balaban J connectivity index is 4.18. The number of carboxylic acid groups (broad SMARTS) is 1. The molecular formula is C11H22N2O3. The van der Waals surface area contributed by atoms with Gasteiger partial charge in [-0.2, -0.15) is 0 Å². The first-order valence-corrected chi connectivity index (χ1v) is 5.76. The second kappa shape index (κ2) is 8.10. The lowest BCUT2D eigenvalue weighted by atomic mass is 10.2. The summed E-state index contributed by atoms with van der Waals surface area (Å²) in [6, 6.07) is -0.265. The first kappa shape index (κ1) is 14.9. The van der Waals surface area contributed by atoms with Gasteiger partial charge in [0.2, 0.25) is 5.91 Å². The molecule has 1 unspecified atom stereocenters. The zero-order chi connectivity index (χ0) is 12.6. The summed E-state index contributed by atoms with van der Waals surface area (Å²) < 4.78 is 0.